The number of rotatable bonds is 4. The first-order chi connectivity index (χ1) is 18.8. The summed E-state index contributed by atoms with van der Waals surface area (Å²) in [5, 5.41) is 15.6. The van der Waals surface area contributed by atoms with Crippen molar-refractivity contribution in [3.8, 4) is 0 Å². The van der Waals surface area contributed by atoms with Crippen LogP contribution in [0.3, 0.4) is 0 Å². The van der Waals surface area contributed by atoms with E-state index >= 15 is 0 Å². The summed E-state index contributed by atoms with van der Waals surface area (Å²) in [5.74, 6) is -1.18. The van der Waals surface area contributed by atoms with E-state index in [4.69, 9.17) is 10.2 Å². The van der Waals surface area contributed by atoms with Crippen molar-refractivity contribution in [1.82, 2.24) is 9.80 Å². The zero-order valence-electron chi connectivity index (χ0n) is 23.4. The minimum Gasteiger partial charge on any atom is -0.478 e. The molecule has 0 bridgehead atoms. The zero-order valence-corrected chi connectivity index (χ0v) is 23.4. The average molecular weight is 544 g/mol. The Kier molecular flexibility index (Phi) is 10.4. The van der Waals surface area contributed by atoms with Crippen molar-refractivity contribution in [2.75, 3.05) is 44.7 Å². The van der Waals surface area contributed by atoms with E-state index in [1.54, 1.807) is 6.07 Å². The second kappa shape index (κ2) is 13.8. The van der Waals surface area contributed by atoms with E-state index < -0.39 is 11.9 Å². The van der Waals surface area contributed by atoms with E-state index in [1.165, 1.54) is 96.8 Å². The number of benzene rings is 1. The van der Waals surface area contributed by atoms with Gasteiger partial charge in [0.1, 0.15) is 5.82 Å². The number of piperidine rings is 1. The molecular formula is C31H46FN3O4. The van der Waals surface area contributed by atoms with Crippen LogP contribution in [0.1, 0.15) is 70.6 Å². The van der Waals surface area contributed by atoms with Crippen molar-refractivity contribution in [1.29, 1.82) is 0 Å². The number of likely N-dealkylation sites (tertiary alicyclic amines) is 2. The lowest BCUT2D eigenvalue weighted by Gasteiger charge is -2.50. The second-order valence-corrected chi connectivity index (χ2v) is 12.0. The number of para-hydroxylation sites is 1. The van der Waals surface area contributed by atoms with Crippen molar-refractivity contribution in [2.24, 2.45) is 11.8 Å². The molecular weight excluding hydrogens is 497 g/mol. The Labute approximate surface area is 232 Å². The highest BCUT2D eigenvalue weighted by atomic mass is 19.1. The molecule has 0 unspecified atom stereocenters. The molecule has 39 heavy (non-hydrogen) atoms. The van der Waals surface area contributed by atoms with Crippen molar-refractivity contribution in [3.63, 3.8) is 0 Å². The van der Waals surface area contributed by atoms with E-state index in [1.807, 2.05) is 18.2 Å². The van der Waals surface area contributed by atoms with Crippen LogP contribution in [-0.4, -0.2) is 83.3 Å². The summed E-state index contributed by atoms with van der Waals surface area (Å²) in [4.78, 5) is 27.0. The molecule has 3 aliphatic heterocycles. The summed E-state index contributed by atoms with van der Waals surface area (Å²) in [6.45, 7) is 5.77. The fourth-order valence-corrected chi connectivity index (χ4v) is 7.72. The fraction of sp³-hybridized carbons (Fsp3) is 0.677. The Hall–Kier alpha value is -2.45. The van der Waals surface area contributed by atoms with E-state index in [0.29, 0.717) is 24.0 Å². The maximum absolute atomic E-state index is 14.9. The minimum absolute atomic E-state index is 0.0371. The van der Waals surface area contributed by atoms with Crippen molar-refractivity contribution in [2.45, 2.75) is 82.2 Å². The van der Waals surface area contributed by atoms with Gasteiger partial charge in [0.05, 0.1) is 5.69 Å². The van der Waals surface area contributed by atoms with Crippen molar-refractivity contribution >= 4 is 17.6 Å². The highest BCUT2D eigenvalue weighted by Gasteiger charge is 2.57. The van der Waals surface area contributed by atoms with Gasteiger partial charge >= 0.3 is 11.9 Å². The van der Waals surface area contributed by atoms with Crippen LogP contribution in [0, 0.1) is 17.7 Å². The molecule has 1 aromatic rings. The molecule has 4 aliphatic rings. The van der Waals surface area contributed by atoms with Gasteiger partial charge in [0.15, 0.2) is 0 Å². The van der Waals surface area contributed by atoms with Gasteiger partial charge in [0.25, 0.3) is 0 Å². The standard InChI is InChI=1S/C27H42FN3.C4H4O4/c1-29-19-22-20-31(26-14-10-9-13-25(26)28)27(24(22)21-29)15-17-30(18-16-27)23-11-7-5-3-2-4-6-8-12-23;5-3(6)1-2-4(7)8/h9-10,13-14,22-24H,2-8,11-12,15-21H2,1H3;1-2H,(H,5,6)(H,7,8)/b;2-1+/t22-,24-;/m0./s1. The highest BCUT2D eigenvalue weighted by molar-refractivity contribution is 5.89. The molecule has 216 valence electrons. The number of aliphatic carboxylic acids is 2. The summed E-state index contributed by atoms with van der Waals surface area (Å²) in [7, 11) is 2.27. The molecule has 2 atom stereocenters. The quantitative estimate of drug-likeness (QED) is 0.501. The second-order valence-electron chi connectivity index (χ2n) is 12.0. The van der Waals surface area contributed by atoms with Gasteiger partial charge in [-0.2, -0.15) is 0 Å². The minimum atomic E-state index is -1.26. The fourth-order valence-electron chi connectivity index (χ4n) is 7.72. The molecule has 0 amide bonds. The largest absolute Gasteiger partial charge is 0.478 e. The van der Waals surface area contributed by atoms with Gasteiger partial charge in [-0.15, -0.1) is 0 Å². The third-order valence-electron chi connectivity index (χ3n) is 9.54. The summed E-state index contributed by atoms with van der Waals surface area (Å²) >= 11 is 0. The third kappa shape index (κ3) is 7.40. The van der Waals surface area contributed by atoms with Gasteiger partial charge in [-0.05, 0) is 50.8 Å². The van der Waals surface area contributed by atoms with Gasteiger partial charge in [0.2, 0.25) is 0 Å². The number of hydrogen-bond acceptors (Lipinski definition) is 5. The summed E-state index contributed by atoms with van der Waals surface area (Å²) in [6, 6.07) is 8.30. The van der Waals surface area contributed by atoms with E-state index in [2.05, 4.69) is 21.7 Å². The molecule has 8 heteroatoms. The van der Waals surface area contributed by atoms with Gasteiger partial charge in [-0.1, -0.05) is 57.1 Å². The van der Waals surface area contributed by atoms with Gasteiger partial charge in [-0.25, -0.2) is 14.0 Å². The van der Waals surface area contributed by atoms with E-state index in [0.717, 1.165) is 18.3 Å². The molecule has 4 fully saturated rings. The van der Waals surface area contributed by atoms with Crippen LogP contribution >= 0.6 is 0 Å². The number of nitrogens with zero attached hydrogens (tertiary/aromatic N) is 3. The molecule has 2 N–H and O–H groups in total. The topological polar surface area (TPSA) is 84.3 Å². The Bertz CT molecular complexity index is 968. The van der Waals surface area contributed by atoms with E-state index in [9.17, 15) is 14.0 Å². The number of halogens is 1. The Morgan fingerprint density at radius 3 is 2.00 bits per heavy atom. The van der Waals surface area contributed by atoms with E-state index in [-0.39, 0.29) is 11.4 Å². The van der Waals surface area contributed by atoms with Crippen LogP contribution in [0.4, 0.5) is 10.1 Å². The van der Waals surface area contributed by atoms with Crippen molar-refractivity contribution < 1.29 is 24.2 Å². The first kappa shape index (κ1) is 29.5. The van der Waals surface area contributed by atoms with Crippen LogP contribution in [0.2, 0.25) is 0 Å². The lowest BCUT2D eigenvalue weighted by molar-refractivity contribution is -0.134. The van der Waals surface area contributed by atoms with Crippen LogP contribution < -0.4 is 4.90 Å². The first-order valence-corrected chi connectivity index (χ1v) is 14.9. The monoisotopic (exact) mass is 543 g/mol. The summed E-state index contributed by atoms with van der Waals surface area (Å²) in [5.41, 5.74) is 0.996. The number of carboxylic acids is 2. The normalized spacial score (nSPS) is 26.8. The highest BCUT2D eigenvalue weighted by Crippen LogP contribution is 2.51. The zero-order chi connectivity index (χ0) is 27.8. The molecule has 1 spiro atoms. The van der Waals surface area contributed by atoms with Crippen LogP contribution in [0.5, 0.6) is 0 Å². The predicted molar refractivity (Wildman–Crippen MR) is 152 cm³/mol. The Balaban J connectivity index is 0.000000386. The maximum Gasteiger partial charge on any atom is 0.328 e. The van der Waals surface area contributed by atoms with Crippen LogP contribution in [0.25, 0.3) is 0 Å². The lowest BCUT2D eigenvalue weighted by Crippen LogP contribution is -2.58. The Morgan fingerprint density at radius 1 is 0.872 bits per heavy atom. The summed E-state index contributed by atoms with van der Waals surface area (Å²) < 4.78 is 14.9. The number of anilines is 1. The molecule has 3 saturated heterocycles. The van der Waals surface area contributed by atoms with Gasteiger partial charge in [0, 0.05) is 62.4 Å². The molecule has 0 aromatic heterocycles. The van der Waals surface area contributed by atoms with Crippen LogP contribution in [-0.2, 0) is 9.59 Å². The molecule has 1 aliphatic carbocycles. The SMILES string of the molecule is CN1C[C@H]2CN(c3ccccc3F)C3(CCN(C4CCCCCCCCC4)CC3)[C@H]2C1.O=C(O)/C=C/C(=O)O. The third-order valence-corrected chi connectivity index (χ3v) is 9.54. The van der Waals surface area contributed by atoms with Crippen LogP contribution in [0.15, 0.2) is 36.4 Å². The number of carbonyl (C=O) groups is 2. The number of fused-ring (bicyclic) bond motifs is 2. The number of hydrogen-bond donors (Lipinski definition) is 2. The average Bonchev–Trinajstić information content (AvgIpc) is 3.42. The lowest BCUT2D eigenvalue weighted by atomic mass is 9.74. The van der Waals surface area contributed by atoms with Gasteiger partial charge in [-0.3, -0.25) is 0 Å². The molecule has 5 rings (SSSR count). The Morgan fingerprint density at radius 2 is 1.44 bits per heavy atom. The maximum atomic E-state index is 14.9. The van der Waals surface area contributed by atoms with Crippen molar-refractivity contribution in [3.05, 3.63) is 42.2 Å². The molecule has 1 saturated carbocycles. The summed E-state index contributed by atoms with van der Waals surface area (Å²) in [6.07, 6.45) is 16.3. The molecule has 3 heterocycles. The number of carboxylic acid groups (broad SMARTS) is 2. The molecule has 1 aromatic carbocycles. The predicted octanol–water partition coefficient (Wildman–Crippen LogP) is 5.26. The first-order valence-electron chi connectivity index (χ1n) is 14.9. The smallest absolute Gasteiger partial charge is 0.328 e. The molecule has 7 nitrogen and oxygen atoms in total. The molecule has 0 radical (unpaired) electrons. The van der Waals surface area contributed by atoms with Gasteiger partial charge < -0.3 is 24.9 Å².